The number of ether oxygens (including phenoxy) is 1. The molecule has 1 atom stereocenters. The average molecular weight is 167 g/mol. The van der Waals surface area contributed by atoms with E-state index in [2.05, 4.69) is 4.74 Å². The molecule has 0 aromatic rings. The lowest BCUT2D eigenvalue weighted by Gasteiger charge is -2.05. The SMILES string of the molecule is [2H]C(=O)OC[C@@H](C)SSC. The highest BCUT2D eigenvalue weighted by atomic mass is 33.1. The lowest BCUT2D eigenvalue weighted by molar-refractivity contribution is -0.128. The van der Waals surface area contributed by atoms with Crippen LogP contribution in [0, 0.1) is 0 Å². The monoisotopic (exact) mass is 167 g/mol. The van der Waals surface area contributed by atoms with Gasteiger partial charge in [-0.05, 0) is 13.2 Å². The van der Waals surface area contributed by atoms with Crippen LogP contribution in [0.1, 0.15) is 8.29 Å². The summed E-state index contributed by atoms with van der Waals surface area (Å²) >= 11 is 0. The van der Waals surface area contributed by atoms with Gasteiger partial charge in [-0.1, -0.05) is 21.6 Å². The summed E-state index contributed by atoms with van der Waals surface area (Å²) in [6.07, 6.45) is 1.01. The Morgan fingerprint density at radius 3 is 3.11 bits per heavy atom. The van der Waals surface area contributed by atoms with E-state index in [0.29, 0.717) is 6.61 Å². The summed E-state index contributed by atoms with van der Waals surface area (Å²) < 4.78 is 10.9. The highest BCUT2D eigenvalue weighted by molar-refractivity contribution is 8.76. The van der Waals surface area contributed by atoms with Gasteiger partial charge < -0.3 is 4.74 Å². The summed E-state index contributed by atoms with van der Waals surface area (Å²) in [4.78, 5) is 9.98. The third-order valence-corrected chi connectivity index (χ3v) is 2.86. The molecule has 0 aromatic heterocycles. The van der Waals surface area contributed by atoms with Gasteiger partial charge in [-0.25, -0.2) is 0 Å². The third-order valence-electron chi connectivity index (χ3n) is 0.637. The standard InChI is InChI=1S/C5H10O2S2/c1-5(9-8-2)3-7-4-6/h4-5H,3H2,1-2H3/t5-/m1/s1/i4D. The van der Waals surface area contributed by atoms with Crippen LogP contribution < -0.4 is 0 Å². The molecule has 0 bridgehead atoms. The molecule has 0 amide bonds. The molecule has 0 aliphatic carbocycles. The van der Waals surface area contributed by atoms with Crippen molar-refractivity contribution in [2.75, 3.05) is 12.9 Å². The second-order valence-electron chi connectivity index (χ2n) is 1.47. The van der Waals surface area contributed by atoms with Gasteiger partial charge in [0.05, 0.1) is 0 Å². The first-order valence-corrected chi connectivity index (χ1v) is 5.11. The highest BCUT2D eigenvalue weighted by Gasteiger charge is 1.99. The van der Waals surface area contributed by atoms with Gasteiger partial charge in [-0.3, -0.25) is 4.79 Å². The van der Waals surface area contributed by atoms with Crippen LogP contribution in [0.15, 0.2) is 0 Å². The molecule has 0 N–H and O–H groups in total. The molecule has 0 rings (SSSR count). The summed E-state index contributed by atoms with van der Waals surface area (Å²) in [7, 11) is 3.25. The Kier molecular flexibility index (Phi) is 5.09. The predicted molar refractivity (Wildman–Crippen MR) is 42.6 cm³/mol. The maximum atomic E-state index is 9.98. The van der Waals surface area contributed by atoms with Crippen molar-refractivity contribution in [1.82, 2.24) is 0 Å². The molecule has 54 valence electrons. The molecule has 0 aromatic carbocycles. The molecule has 0 heterocycles. The van der Waals surface area contributed by atoms with Crippen LogP contribution in [0.3, 0.4) is 0 Å². The Bertz CT molecular complexity index is 110. The quantitative estimate of drug-likeness (QED) is 0.469. The first kappa shape index (κ1) is 7.28. The van der Waals surface area contributed by atoms with Crippen molar-refractivity contribution in [2.24, 2.45) is 0 Å². The fraction of sp³-hybridized carbons (Fsp3) is 0.800. The van der Waals surface area contributed by atoms with E-state index in [9.17, 15) is 4.79 Å². The number of carbonyl (C=O) groups is 1. The molecule has 0 aliphatic rings. The van der Waals surface area contributed by atoms with Gasteiger partial charge in [-0.2, -0.15) is 0 Å². The summed E-state index contributed by atoms with van der Waals surface area (Å²) in [5.74, 6) is 0. The topological polar surface area (TPSA) is 26.3 Å². The maximum absolute atomic E-state index is 9.98. The van der Waals surface area contributed by atoms with E-state index in [1.54, 1.807) is 21.6 Å². The molecule has 0 saturated heterocycles. The maximum Gasteiger partial charge on any atom is 0.293 e. The minimum atomic E-state index is -0.950. The van der Waals surface area contributed by atoms with E-state index in [0.717, 1.165) is 0 Å². The van der Waals surface area contributed by atoms with Crippen molar-refractivity contribution in [3.05, 3.63) is 0 Å². The molecule has 0 unspecified atom stereocenters. The first-order valence-electron chi connectivity index (χ1n) is 2.99. The van der Waals surface area contributed by atoms with Crippen molar-refractivity contribution in [1.29, 1.82) is 0 Å². The smallest absolute Gasteiger partial charge is 0.293 e. The van der Waals surface area contributed by atoms with E-state index in [1.165, 1.54) is 0 Å². The normalized spacial score (nSPS) is 14.2. The van der Waals surface area contributed by atoms with Crippen molar-refractivity contribution in [3.8, 4) is 0 Å². The average Bonchev–Trinajstić information content (AvgIpc) is 1.85. The Balaban J connectivity index is 3.21. The Labute approximate surface area is 64.5 Å². The highest BCUT2D eigenvalue weighted by Crippen LogP contribution is 2.22. The largest absolute Gasteiger partial charge is 0.467 e. The molecule has 4 heteroatoms. The minimum Gasteiger partial charge on any atom is -0.467 e. The minimum absolute atomic E-state index is 0.268. The van der Waals surface area contributed by atoms with Crippen LogP contribution in [0.2, 0.25) is 0 Å². The van der Waals surface area contributed by atoms with Crippen molar-refractivity contribution in [3.63, 3.8) is 0 Å². The van der Waals surface area contributed by atoms with Crippen LogP contribution in [-0.4, -0.2) is 24.6 Å². The van der Waals surface area contributed by atoms with E-state index < -0.39 is 6.45 Å². The molecule has 0 fully saturated rings. The van der Waals surface area contributed by atoms with E-state index in [1.807, 2.05) is 13.2 Å². The fourth-order valence-corrected chi connectivity index (χ4v) is 1.95. The van der Waals surface area contributed by atoms with Crippen LogP contribution in [0.4, 0.5) is 0 Å². The van der Waals surface area contributed by atoms with E-state index >= 15 is 0 Å². The molecular weight excluding hydrogens is 156 g/mol. The molecule has 0 saturated carbocycles. The number of rotatable bonds is 4. The zero-order valence-corrected chi connectivity index (χ0v) is 7.05. The zero-order chi connectivity index (χ0) is 7.98. The van der Waals surface area contributed by atoms with Gasteiger partial charge in [0.15, 0.2) is 1.37 Å². The van der Waals surface area contributed by atoms with Crippen molar-refractivity contribution in [2.45, 2.75) is 12.2 Å². The van der Waals surface area contributed by atoms with Gasteiger partial charge in [0.1, 0.15) is 6.61 Å². The molecular formula is C5H10O2S2. The molecule has 9 heavy (non-hydrogen) atoms. The third kappa shape index (κ3) is 6.05. The second kappa shape index (κ2) is 6.29. The summed E-state index contributed by atoms with van der Waals surface area (Å²) in [6, 6.07) is 0. The Morgan fingerprint density at radius 1 is 2.00 bits per heavy atom. The summed E-state index contributed by atoms with van der Waals surface area (Å²) in [6.45, 7) is 2.28. The molecule has 0 radical (unpaired) electrons. The number of hydrogen-bond acceptors (Lipinski definition) is 4. The van der Waals surface area contributed by atoms with Gasteiger partial charge in [0.2, 0.25) is 0 Å². The Hall–Kier alpha value is 0.170. The Morgan fingerprint density at radius 2 is 2.67 bits per heavy atom. The molecule has 2 nitrogen and oxygen atoms in total. The van der Waals surface area contributed by atoms with Crippen LogP contribution in [-0.2, 0) is 9.53 Å². The first-order chi connectivity index (χ1) is 4.66. The second-order valence-corrected chi connectivity index (χ2v) is 4.38. The zero-order valence-electron chi connectivity index (χ0n) is 6.42. The number of carbonyl (C=O) groups excluding carboxylic acids is 1. The van der Waals surface area contributed by atoms with Crippen molar-refractivity contribution < 1.29 is 10.9 Å². The van der Waals surface area contributed by atoms with Gasteiger partial charge >= 0.3 is 0 Å². The van der Waals surface area contributed by atoms with Gasteiger partial charge in [-0.15, -0.1) is 0 Å². The van der Waals surface area contributed by atoms with Crippen molar-refractivity contribution >= 4 is 28.0 Å². The van der Waals surface area contributed by atoms with Crippen LogP contribution >= 0.6 is 21.6 Å². The predicted octanol–water partition coefficient (Wildman–Crippen LogP) is 1.56. The van der Waals surface area contributed by atoms with Gasteiger partial charge in [0, 0.05) is 5.25 Å². The van der Waals surface area contributed by atoms with Crippen LogP contribution in [0.25, 0.3) is 0 Å². The van der Waals surface area contributed by atoms with E-state index in [-0.39, 0.29) is 5.25 Å². The molecule has 0 spiro atoms. The lowest BCUT2D eigenvalue weighted by Crippen LogP contribution is -2.04. The fourth-order valence-electron chi connectivity index (χ4n) is 0.343. The summed E-state index contributed by atoms with van der Waals surface area (Å²) in [5.41, 5.74) is 0. The molecule has 0 aliphatic heterocycles. The van der Waals surface area contributed by atoms with Crippen LogP contribution in [0.5, 0.6) is 0 Å². The van der Waals surface area contributed by atoms with Gasteiger partial charge in [0.25, 0.3) is 6.45 Å². The summed E-state index contributed by atoms with van der Waals surface area (Å²) in [5, 5.41) is 0.268. The lowest BCUT2D eigenvalue weighted by atomic mass is 10.5. The van der Waals surface area contributed by atoms with E-state index in [4.69, 9.17) is 1.37 Å². The number of hydrogen-bond donors (Lipinski definition) is 0.